The summed E-state index contributed by atoms with van der Waals surface area (Å²) in [5, 5.41) is 3.49. The minimum atomic E-state index is 0.566. The van der Waals surface area contributed by atoms with Gasteiger partial charge in [-0.1, -0.05) is 13.8 Å². The van der Waals surface area contributed by atoms with Crippen LogP contribution in [0.25, 0.3) is 0 Å². The lowest BCUT2D eigenvalue weighted by molar-refractivity contribution is 0.125. The molecule has 162 valence electrons. The van der Waals surface area contributed by atoms with Gasteiger partial charge in [0.1, 0.15) is 0 Å². The third-order valence-corrected chi connectivity index (χ3v) is 5.78. The topological polar surface area (TPSA) is 63.1 Å². The van der Waals surface area contributed by atoms with E-state index in [1.165, 1.54) is 32.7 Å². The van der Waals surface area contributed by atoms with Crippen LogP contribution < -0.4 is 10.2 Å². The van der Waals surface area contributed by atoms with Crippen molar-refractivity contribution < 1.29 is 0 Å². The number of likely N-dealkylation sites (N-methyl/N-ethyl adjacent to an activating group) is 1. The molecule has 0 aliphatic carbocycles. The van der Waals surface area contributed by atoms with E-state index in [9.17, 15) is 0 Å². The molecule has 0 amide bonds. The van der Waals surface area contributed by atoms with Gasteiger partial charge in [-0.3, -0.25) is 4.99 Å². The molecule has 2 fully saturated rings. The van der Waals surface area contributed by atoms with Gasteiger partial charge >= 0.3 is 0 Å². The monoisotopic (exact) mass is 402 g/mol. The molecule has 3 heterocycles. The molecule has 3 rings (SSSR count). The number of guanidine groups is 1. The van der Waals surface area contributed by atoms with E-state index >= 15 is 0 Å². The number of hydrogen-bond acceptors (Lipinski definition) is 6. The number of piperazine rings is 2. The van der Waals surface area contributed by atoms with Crippen LogP contribution in [0.3, 0.4) is 0 Å². The molecule has 2 aliphatic heterocycles. The molecular weight excluding hydrogens is 364 g/mol. The largest absolute Gasteiger partial charge is 0.357 e. The zero-order valence-corrected chi connectivity index (χ0v) is 18.4. The number of hydrogen-bond donors (Lipinski definition) is 1. The lowest BCUT2D eigenvalue weighted by Gasteiger charge is -2.37. The molecular formula is C21H38N8. The van der Waals surface area contributed by atoms with E-state index in [4.69, 9.17) is 4.99 Å². The van der Waals surface area contributed by atoms with Gasteiger partial charge in [0, 0.05) is 84.4 Å². The van der Waals surface area contributed by atoms with Gasteiger partial charge in [-0.25, -0.2) is 9.97 Å². The number of anilines is 1. The molecule has 0 bridgehead atoms. The second kappa shape index (κ2) is 11.3. The van der Waals surface area contributed by atoms with E-state index in [1.54, 1.807) is 0 Å². The van der Waals surface area contributed by atoms with Crippen molar-refractivity contribution in [3.63, 3.8) is 0 Å². The molecule has 1 N–H and O–H groups in total. The SMILES string of the molecule is CCNC(=NCC(C)CN1CCN(CC)CC1)N1CCN(c2ncccn2)CC1. The van der Waals surface area contributed by atoms with Crippen LogP contribution in [0.4, 0.5) is 5.95 Å². The summed E-state index contributed by atoms with van der Waals surface area (Å²) in [5.74, 6) is 2.44. The van der Waals surface area contributed by atoms with Gasteiger partial charge in [-0.2, -0.15) is 0 Å². The average molecular weight is 403 g/mol. The van der Waals surface area contributed by atoms with Gasteiger partial charge in [0.25, 0.3) is 0 Å². The van der Waals surface area contributed by atoms with Crippen LogP contribution in [0.1, 0.15) is 20.8 Å². The van der Waals surface area contributed by atoms with Crippen LogP contribution in [0.2, 0.25) is 0 Å². The van der Waals surface area contributed by atoms with Gasteiger partial charge in [0.05, 0.1) is 0 Å². The second-order valence-corrected chi connectivity index (χ2v) is 8.06. The Morgan fingerprint density at radius 3 is 2.28 bits per heavy atom. The summed E-state index contributed by atoms with van der Waals surface area (Å²) in [6.45, 7) is 19.3. The van der Waals surface area contributed by atoms with Gasteiger partial charge in [-0.15, -0.1) is 0 Å². The predicted octanol–water partition coefficient (Wildman–Crippen LogP) is 0.838. The molecule has 1 atom stereocenters. The number of aliphatic imine (C=N–C) groups is 1. The van der Waals surface area contributed by atoms with Crippen molar-refractivity contribution in [3.8, 4) is 0 Å². The fourth-order valence-electron chi connectivity index (χ4n) is 4.03. The van der Waals surface area contributed by atoms with Crippen LogP contribution in [0, 0.1) is 5.92 Å². The number of nitrogens with zero attached hydrogens (tertiary/aromatic N) is 7. The third-order valence-electron chi connectivity index (χ3n) is 5.78. The highest BCUT2D eigenvalue weighted by atomic mass is 15.4. The highest BCUT2D eigenvalue weighted by molar-refractivity contribution is 5.80. The van der Waals surface area contributed by atoms with Crippen molar-refractivity contribution in [3.05, 3.63) is 18.5 Å². The normalized spacial score (nSPS) is 20.7. The zero-order valence-electron chi connectivity index (χ0n) is 18.4. The van der Waals surface area contributed by atoms with Crippen LogP contribution in [-0.4, -0.2) is 109 Å². The summed E-state index contributed by atoms with van der Waals surface area (Å²) in [6, 6.07) is 1.86. The van der Waals surface area contributed by atoms with Crippen molar-refractivity contribution >= 4 is 11.9 Å². The third kappa shape index (κ3) is 6.54. The van der Waals surface area contributed by atoms with Crippen molar-refractivity contribution in [1.82, 2.24) is 30.0 Å². The number of rotatable bonds is 7. The Morgan fingerprint density at radius 1 is 1.00 bits per heavy atom. The molecule has 0 radical (unpaired) electrons. The van der Waals surface area contributed by atoms with Gasteiger partial charge in [0.2, 0.25) is 5.95 Å². The summed E-state index contributed by atoms with van der Waals surface area (Å²) >= 11 is 0. The zero-order chi connectivity index (χ0) is 20.5. The van der Waals surface area contributed by atoms with Crippen LogP contribution in [0.15, 0.2) is 23.5 Å². The Hall–Kier alpha value is -1.93. The van der Waals surface area contributed by atoms with E-state index in [0.717, 1.165) is 57.7 Å². The van der Waals surface area contributed by atoms with Crippen molar-refractivity contribution in [2.24, 2.45) is 10.9 Å². The maximum absolute atomic E-state index is 4.98. The average Bonchev–Trinajstić information content (AvgIpc) is 2.78. The first-order valence-corrected chi connectivity index (χ1v) is 11.2. The number of nitrogens with one attached hydrogen (secondary N) is 1. The molecule has 1 aromatic rings. The van der Waals surface area contributed by atoms with Crippen LogP contribution in [0.5, 0.6) is 0 Å². The Bertz CT molecular complexity index is 606. The maximum Gasteiger partial charge on any atom is 0.225 e. The Labute approximate surface area is 176 Å². The predicted molar refractivity (Wildman–Crippen MR) is 120 cm³/mol. The molecule has 0 spiro atoms. The van der Waals surface area contributed by atoms with Gasteiger partial charge < -0.3 is 24.9 Å². The van der Waals surface area contributed by atoms with Crippen LogP contribution >= 0.6 is 0 Å². The van der Waals surface area contributed by atoms with E-state index in [0.29, 0.717) is 5.92 Å². The lowest BCUT2D eigenvalue weighted by Crippen LogP contribution is -2.53. The Kier molecular flexibility index (Phi) is 8.49. The minimum Gasteiger partial charge on any atom is -0.357 e. The first-order chi connectivity index (χ1) is 14.2. The molecule has 8 heteroatoms. The fourth-order valence-corrected chi connectivity index (χ4v) is 4.03. The van der Waals surface area contributed by atoms with Crippen molar-refractivity contribution in [2.75, 3.05) is 83.4 Å². The first kappa shape index (κ1) is 21.8. The van der Waals surface area contributed by atoms with Gasteiger partial charge in [-0.05, 0) is 25.5 Å². The molecule has 0 aromatic carbocycles. The molecule has 1 unspecified atom stereocenters. The summed E-state index contributed by atoms with van der Waals surface area (Å²) in [5.41, 5.74) is 0. The molecule has 2 saturated heterocycles. The quantitative estimate of drug-likeness (QED) is 0.536. The Morgan fingerprint density at radius 2 is 1.66 bits per heavy atom. The first-order valence-electron chi connectivity index (χ1n) is 11.2. The summed E-state index contributed by atoms with van der Waals surface area (Å²) in [4.78, 5) is 23.5. The molecule has 2 aliphatic rings. The van der Waals surface area contributed by atoms with Gasteiger partial charge in [0.15, 0.2) is 5.96 Å². The Balaban J connectivity index is 1.47. The van der Waals surface area contributed by atoms with E-state index < -0.39 is 0 Å². The smallest absolute Gasteiger partial charge is 0.225 e. The molecule has 0 saturated carbocycles. The highest BCUT2D eigenvalue weighted by Crippen LogP contribution is 2.11. The molecule has 1 aromatic heterocycles. The lowest BCUT2D eigenvalue weighted by atomic mass is 10.1. The molecule has 8 nitrogen and oxygen atoms in total. The maximum atomic E-state index is 4.98. The van der Waals surface area contributed by atoms with E-state index in [2.05, 4.69) is 55.7 Å². The summed E-state index contributed by atoms with van der Waals surface area (Å²) in [7, 11) is 0. The van der Waals surface area contributed by atoms with E-state index in [-0.39, 0.29) is 0 Å². The highest BCUT2D eigenvalue weighted by Gasteiger charge is 2.22. The second-order valence-electron chi connectivity index (χ2n) is 8.06. The summed E-state index contributed by atoms with van der Waals surface area (Å²) in [6.07, 6.45) is 3.62. The van der Waals surface area contributed by atoms with Crippen LogP contribution in [-0.2, 0) is 0 Å². The number of aromatic nitrogens is 2. The fraction of sp³-hybridized carbons (Fsp3) is 0.762. The summed E-state index contributed by atoms with van der Waals surface area (Å²) < 4.78 is 0. The minimum absolute atomic E-state index is 0.566. The molecule has 29 heavy (non-hydrogen) atoms. The van der Waals surface area contributed by atoms with Crippen molar-refractivity contribution in [1.29, 1.82) is 0 Å². The standard InChI is InChI=1S/C21H38N8/c1-4-22-20(25-17-19(3)18-27-11-9-26(5-2)10-12-27)28-13-15-29(16-14-28)21-23-7-6-8-24-21/h6-8,19H,4-5,9-18H2,1-3H3,(H,22,25). The van der Waals surface area contributed by atoms with E-state index in [1.807, 2.05) is 18.5 Å². The van der Waals surface area contributed by atoms with Crippen molar-refractivity contribution in [2.45, 2.75) is 20.8 Å².